The zero-order valence-electron chi connectivity index (χ0n) is 13.4. The number of anilines is 2. The molecule has 4 nitrogen and oxygen atoms in total. The Hall–Kier alpha value is -1.98. The molecule has 2 aromatic heterocycles. The van der Waals surface area contributed by atoms with Gasteiger partial charge in [0, 0.05) is 29.1 Å². The average Bonchev–Trinajstić information content (AvgIpc) is 2.99. The van der Waals surface area contributed by atoms with E-state index < -0.39 is 6.43 Å². The second-order valence-corrected chi connectivity index (χ2v) is 6.41. The molecule has 6 heteroatoms. The van der Waals surface area contributed by atoms with Crippen LogP contribution in [-0.4, -0.2) is 22.1 Å². The Labute approximate surface area is 134 Å². The number of halogens is 2. The van der Waals surface area contributed by atoms with Crippen molar-refractivity contribution in [2.24, 2.45) is 0 Å². The van der Waals surface area contributed by atoms with Crippen molar-refractivity contribution in [3.8, 4) is 0 Å². The Bertz CT molecular complexity index is 682. The van der Waals surface area contributed by atoms with E-state index in [1.807, 2.05) is 19.9 Å². The number of nitrogens with one attached hydrogen (secondary N) is 2. The number of hydrogen-bond acceptors (Lipinski definition) is 4. The summed E-state index contributed by atoms with van der Waals surface area (Å²) in [7, 11) is 0. The Balaban J connectivity index is 1.99. The minimum atomic E-state index is -2.59. The normalized spacial score (nSPS) is 15.7. The average molecular weight is 320 g/mol. The van der Waals surface area contributed by atoms with Gasteiger partial charge in [0.1, 0.15) is 17.3 Å². The zero-order chi connectivity index (χ0) is 16.4. The van der Waals surface area contributed by atoms with Gasteiger partial charge < -0.3 is 10.6 Å². The maximum atomic E-state index is 13.0. The minimum Gasteiger partial charge on any atom is -0.367 e. The first-order valence-corrected chi connectivity index (χ1v) is 8.15. The fourth-order valence-corrected chi connectivity index (χ4v) is 3.02. The van der Waals surface area contributed by atoms with Gasteiger partial charge in [-0.25, -0.2) is 18.7 Å². The van der Waals surface area contributed by atoms with Crippen LogP contribution in [0.25, 0.3) is 10.8 Å². The smallest absolute Gasteiger partial charge is 0.280 e. The SMILES string of the molecule is CC(C)Nc1nc(C(F)F)cc2cnc(NC3CCCC3)cc12. The van der Waals surface area contributed by atoms with Crippen LogP contribution in [0.4, 0.5) is 20.4 Å². The number of hydrogen-bond donors (Lipinski definition) is 2. The van der Waals surface area contributed by atoms with Crippen molar-refractivity contribution >= 4 is 22.4 Å². The lowest BCUT2D eigenvalue weighted by Gasteiger charge is -2.16. The largest absolute Gasteiger partial charge is 0.367 e. The van der Waals surface area contributed by atoms with Gasteiger partial charge >= 0.3 is 0 Å². The highest BCUT2D eigenvalue weighted by Crippen LogP contribution is 2.30. The van der Waals surface area contributed by atoms with Crippen molar-refractivity contribution in [3.05, 3.63) is 24.0 Å². The minimum absolute atomic E-state index is 0.109. The molecule has 124 valence electrons. The quantitative estimate of drug-likeness (QED) is 0.835. The van der Waals surface area contributed by atoms with Crippen LogP contribution < -0.4 is 10.6 Å². The molecular weight excluding hydrogens is 298 g/mol. The predicted octanol–water partition coefficient (Wildman–Crippen LogP) is 4.74. The van der Waals surface area contributed by atoms with Crippen LogP contribution in [-0.2, 0) is 0 Å². The molecule has 0 saturated heterocycles. The van der Waals surface area contributed by atoms with E-state index in [1.165, 1.54) is 18.9 Å². The maximum absolute atomic E-state index is 13.0. The lowest BCUT2D eigenvalue weighted by atomic mass is 10.1. The van der Waals surface area contributed by atoms with Gasteiger partial charge in [-0.05, 0) is 38.8 Å². The molecule has 1 aliphatic carbocycles. The third-order valence-corrected chi connectivity index (χ3v) is 4.09. The number of pyridine rings is 2. The second kappa shape index (κ2) is 6.64. The summed E-state index contributed by atoms with van der Waals surface area (Å²) in [6.45, 7) is 3.92. The molecule has 1 fully saturated rings. The molecule has 1 aliphatic rings. The van der Waals surface area contributed by atoms with Crippen molar-refractivity contribution in [2.45, 2.75) is 58.0 Å². The van der Waals surface area contributed by atoms with Crippen LogP contribution in [0.3, 0.4) is 0 Å². The molecule has 0 radical (unpaired) electrons. The molecule has 0 bridgehead atoms. The molecule has 2 N–H and O–H groups in total. The topological polar surface area (TPSA) is 49.8 Å². The summed E-state index contributed by atoms with van der Waals surface area (Å²) in [4.78, 5) is 8.48. The van der Waals surface area contributed by atoms with E-state index in [2.05, 4.69) is 20.6 Å². The molecule has 0 spiro atoms. The first kappa shape index (κ1) is 15.9. The van der Waals surface area contributed by atoms with Crippen LogP contribution in [0.1, 0.15) is 51.7 Å². The molecule has 0 aromatic carbocycles. The van der Waals surface area contributed by atoms with E-state index in [4.69, 9.17) is 0 Å². The number of rotatable bonds is 5. The Morgan fingerprint density at radius 2 is 1.91 bits per heavy atom. The summed E-state index contributed by atoms with van der Waals surface area (Å²) in [5, 5.41) is 8.09. The fourth-order valence-electron chi connectivity index (χ4n) is 3.02. The van der Waals surface area contributed by atoms with Crippen LogP contribution in [0.2, 0.25) is 0 Å². The molecule has 0 aliphatic heterocycles. The summed E-state index contributed by atoms with van der Waals surface area (Å²) in [5.41, 5.74) is -0.223. The van der Waals surface area contributed by atoms with Crippen molar-refractivity contribution in [2.75, 3.05) is 10.6 Å². The van der Waals surface area contributed by atoms with Crippen molar-refractivity contribution in [1.82, 2.24) is 9.97 Å². The van der Waals surface area contributed by atoms with Gasteiger partial charge in [-0.3, -0.25) is 0 Å². The van der Waals surface area contributed by atoms with Crippen molar-refractivity contribution in [1.29, 1.82) is 0 Å². The Morgan fingerprint density at radius 1 is 1.17 bits per heavy atom. The lowest BCUT2D eigenvalue weighted by Crippen LogP contribution is -2.16. The molecule has 0 unspecified atom stereocenters. The molecule has 0 amide bonds. The van der Waals surface area contributed by atoms with Gasteiger partial charge in [0.2, 0.25) is 0 Å². The van der Waals surface area contributed by atoms with Crippen molar-refractivity contribution < 1.29 is 8.78 Å². The van der Waals surface area contributed by atoms with E-state index in [0.717, 1.165) is 24.0 Å². The van der Waals surface area contributed by atoms with Gasteiger partial charge in [0.05, 0.1) is 0 Å². The Morgan fingerprint density at radius 3 is 2.57 bits per heavy atom. The summed E-state index contributed by atoms with van der Waals surface area (Å²) in [5.74, 6) is 1.27. The molecule has 23 heavy (non-hydrogen) atoms. The number of nitrogens with zero attached hydrogens (tertiary/aromatic N) is 2. The number of fused-ring (bicyclic) bond motifs is 1. The molecule has 2 aromatic rings. The summed E-state index contributed by atoms with van der Waals surface area (Å²) in [6.07, 6.45) is 3.84. The highest BCUT2D eigenvalue weighted by atomic mass is 19.3. The summed E-state index contributed by atoms with van der Waals surface area (Å²) < 4.78 is 26.1. The maximum Gasteiger partial charge on any atom is 0.280 e. The van der Waals surface area contributed by atoms with Crippen molar-refractivity contribution in [3.63, 3.8) is 0 Å². The third kappa shape index (κ3) is 3.68. The number of aromatic nitrogens is 2. The van der Waals surface area contributed by atoms with Gasteiger partial charge in [0.15, 0.2) is 0 Å². The monoisotopic (exact) mass is 320 g/mol. The van der Waals surface area contributed by atoms with E-state index in [0.29, 0.717) is 17.2 Å². The van der Waals surface area contributed by atoms with E-state index >= 15 is 0 Å². The predicted molar refractivity (Wildman–Crippen MR) is 89.1 cm³/mol. The second-order valence-electron chi connectivity index (χ2n) is 6.41. The van der Waals surface area contributed by atoms with Gasteiger partial charge in [-0.15, -0.1) is 0 Å². The van der Waals surface area contributed by atoms with E-state index in [-0.39, 0.29) is 11.7 Å². The van der Waals surface area contributed by atoms with Gasteiger partial charge in [-0.2, -0.15) is 0 Å². The molecule has 2 heterocycles. The van der Waals surface area contributed by atoms with E-state index in [1.54, 1.807) is 6.20 Å². The summed E-state index contributed by atoms with van der Waals surface area (Å²) in [6, 6.07) is 3.88. The summed E-state index contributed by atoms with van der Waals surface area (Å²) >= 11 is 0. The highest BCUT2D eigenvalue weighted by molar-refractivity contribution is 5.93. The first-order chi connectivity index (χ1) is 11.0. The van der Waals surface area contributed by atoms with Crippen LogP contribution in [0.5, 0.6) is 0 Å². The highest BCUT2D eigenvalue weighted by Gasteiger charge is 2.17. The van der Waals surface area contributed by atoms with E-state index in [9.17, 15) is 8.78 Å². The first-order valence-electron chi connectivity index (χ1n) is 8.15. The van der Waals surface area contributed by atoms with Gasteiger partial charge in [0.25, 0.3) is 6.43 Å². The third-order valence-electron chi connectivity index (χ3n) is 4.09. The number of alkyl halides is 2. The lowest BCUT2D eigenvalue weighted by molar-refractivity contribution is 0.146. The molecule has 0 atom stereocenters. The van der Waals surface area contributed by atoms with Crippen LogP contribution >= 0.6 is 0 Å². The molecule has 1 saturated carbocycles. The van der Waals surface area contributed by atoms with Crippen LogP contribution in [0.15, 0.2) is 18.3 Å². The standard InChI is InChI=1S/C17H22F2N4/c1-10(2)21-17-13-8-15(22-12-5-3-4-6-12)20-9-11(13)7-14(23-17)16(18)19/h7-10,12,16H,3-6H2,1-2H3,(H,20,22)(H,21,23). The van der Waals surface area contributed by atoms with Gasteiger partial charge in [-0.1, -0.05) is 12.8 Å². The molecule has 3 rings (SSSR count). The molecular formula is C17H22F2N4. The van der Waals surface area contributed by atoms with Crippen LogP contribution in [0, 0.1) is 0 Å². The fraction of sp³-hybridized carbons (Fsp3) is 0.529. The Kier molecular flexibility index (Phi) is 4.59. The zero-order valence-corrected chi connectivity index (χ0v) is 13.4.